The molecule has 1 aliphatic rings. The number of rotatable bonds is 5. The number of likely N-dealkylation sites (N-methyl/N-ethyl adjacent to an activating group) is 1. The Morgan fingerprint density at radius 3 is 2.77 bits per heavy atom. The number of nitrogens with zero attached hydrogens (tertiary/aromatic N) is 2. The minimum atomic E-state index is -3.67. The zero-order valence-corrected chi connectivity index (χ0v) is 13.4. The molecule has 1 aromatic carbocycles. The quantitative estimate of drug-likeness (QED) is 0.788. The number of carbonyl (C=O) groups excluding carboxylic acids is 1. The Morgan fingerprint density at radius 1 is 1.41 bits per heavy atom. The first-order valence-corrected chi connectivity index (χ1v) is 8.43. The molecule has 0 saturated heterocycles. The third-order valence-corrected chi connectivity index (χ3v) is 4.60. The van der Waals surface area contributed by atoms with Crippen LogP contribution in [-0.4, -0.2) is 51.2 Å². The van der Waals surface area contributed by atoms with Crippen molar-refractivity contribution < 1.29 is 13.2 Å². The highest BCUT2D eigenvalue weighted by molar-refractivity contribution is 7.90. The molecule has 1 aliphatic heterocycles. The second kappa shape index (κ2) is 6.45. The van der Waals surface area contributed by atoms with Crippen molar-refractivity contribution in [1.82, 2.24) is 10.2 Å². The average Bonchev–Trinajstić information content (AvgIpc) is 2.71. The summed E-state index contributed by atoms with van der Waals surface area (Å²) in [5.41, 5.74) is 6.14. The summed E-state index contributed by atoms with van der Waals surface area (Å²) in [5.74, 6) is 0.0885. The number of hydrogen-bond donors (Lipinski definition) is 2. The van der Waals surface area contributed by atoms with Crippen LogP contribution < -0.4 is 11.1 Å². The van der Waals surface area contributed by atoms with E-state index in [-0.39, 0.29) is 29.2 Å². The summed E-state index contributed by atoms with van der Waals surface area (Å²) in [5, 5.41) is 2.75. The van der Waals surface area contributed by atoms with Crippen molar-refractivity contribution in [3.63, 3.8) is 0 Å². The number of fused-ring (bicyclic) bond motifs is 1. The molecule has 1 unspecified atom stereocenters. The maximum atomic E-state index is 12.0. The molecular weight excluding hydrogens is 304 g/mol. The van der Waals surface area contributed by atoms with E-state index in [9.17, 15) is 13.2 Å². The highest BCUT2D eigenvalue weighted by Crippen LogP contribution is 2.26. The van der Waals surface area contributed by atoms with Crippen LogP contribution in [0.15, 0.2) is 33.6 Å². The molecule has 0 radical (unpaired) electrons. The average molecular weight is 324 g/mol. The Bertz CT molecular complexity index is 698. The van der Waals surface area contributed by atoms with Gasteiger partial charge in [0.2, 0.25) is 5.91 Å². The first-order valence-electron chi connectivity index (χ1n) is 6.99. The second-order valence-corrected chi connectivity index (χ2v) is 6.93. The number of sulfonamides is 1. The summed E-state index contributed by atoms with van der Waals surface area (Å²) in [4.78, 5) is 13.6. The van der Waals surface area contributed by atoms with Gasteiger partial charge in [-0.05, 0) is 25.5 Å². The minimum Gasteiger partial charge on any atom is -0.355 e. The molecular formula is C14H20N4O3S. The van der Waals surface area contributed by atoms with E-state index in [1.807, 2.05) is 6.92 Å². The van der Waals surface area contributed by atoms with Crippen LogP contribution in [-0.2, 0) is 14.8 Å². The van der Waals surface area contributed by atoms with Gasteiger partial charge in [0, 0.05) is 25.2 Å². The lowest BCUT2D eigenvalue weighted by molar-refractivity contribution is -0.121. The maximum Gasteiger partial charge on any atom is 0.285 e. The van der Waals surface area contributed by atoms with E-state index in [0.29, 0.717) is 18.5 Å². The van der Waals surface area contributed by atoms with Crippen molar-refractivity contribution in [3.05, 3.63) is 29.8 Å². The van der Waals surface area contributed by atoms with E-state index in [4.69, 9.17) is 5.73 Å². The molecule has 8 heteroatoms. The van der Waals surface area contributed by atoms with Crippen molar-refractivity contribution in [2.45, 2.75) is 24.3 Å². The third-order valence-electron chi connectivity index (χ3n) is 3.28. The predicted molar refractivity (Wildman–Crippen MR) is 84.1 cm³/mol. The van der Waals surface area contributed by atoms with Gasteiger partial charge in [0.1, 0.15) is 4.90 Å². The molecule has 3 N–H and O–H groups in total. The molecule has 0 bridgehead atoms. The SMILES string of the molecule is CC(N)CCNC(=O)CN(C)C1=NS(=O)(=O)c2ccccc21. The zero-order valence-electron chi connectivity index (χ0n) is 12.6. The van der Waals surface area contributed by atoms with Crippen LogP contribution >= 0.6 is 0 Å². The standard InChI is InChI=1S/C14H20N4O3S/c1-10(15)7-8-16-13(19)9-18(2)14-11-5-3-4-6-12(11)22(20,21)17-14/h3-6,10H,7-9,15H2,1-2H3,(H,16,19). The van der Waals surface area contributed by atoms with E-state index in [1.54, 1.807) is 25.2 Å². The number of hydrogen-bond acceptors (Lipinski definition) is 5. The lowest BCUT2D eigenvalue weighted by Gasteiger charge is -2.18. The van der Waals surface area contributed by atoms with Gasteiger partial charge in [-0.1, -0.05) is 12.1 Å². The number of amidine groups is 1. The summed E-state index contributed by atoms with van der Waals surface area (Å²) in [6.07, 6.45) is 0.688. The number of nitrogens with one attached hydrogen (secondary N) is 1. The van der Waals surface area contributed by atoms with Gasteiger partial charge in [0.25, 0.3) is 10.0 Å². The fourth-order valence-electron chi connectivity index (χ4n) is 2.15. The summed E-state index contributed by atoms with van der Waals surface area (Å²) in [6, 6.07) is 6.61. The summed E-state index contributed by atoms with van der Waals surface area (Å²) in [6.45, 7) is 2.39. The molecule has 1 aromatic rings. The molecule has 2 rings (SSSR count). The molecule has 0 fully saturated rings. The lowest BCUT2D eigenvalue weighted by atomic mass is 10.2. The van der Waals surface area contributed by atoms with E-state index >= 15 is 0 Å². The van der Waals surface area contributed by atoms with E-state index < -0.39 is 10.0 Å². The summed E-state index contributed by atoms with van der Waals surface area (Å²) in [7, 11) is -2.03. The monoisotopic (exact) mass is 324 g/mol. The van der Waals surface area contributed by atoms with Crippen molar-refractivity contribution in [1.29, 1.82) is 0 Å². The normalized spacial score (nSPS) is 16.6. The van der Waals surface area contributed by atoms with Crippen molar-refractivity contribution in [2.75, 3.05) is 20.1 Å². The lowest BCUT2D eigenvalue weighted by Crippen LogP contribution is -2.39. The Labute approximate surface area is 130 Å². The Hall–Kier alpha value is -1.93. The van der Waals surface area contributed by atoms with E-state index in [0.717, 1.165) is 0 Å². The molecule has 0 saturated carbocycles. The first kappa shape index (κ1) is 16.4. The van der Waals surface area contributed by atoms with Gasteiger partial charge in [-0.3, -0.25) is 4.79 Å². The van der Waals surface area contributed by atoms with E-state index in [1.165, 1.54) is 11.0 Å². The van der Waals surface area contributed by atoms with Crippen LogP contribution in [0.5, 0.6) is 0 Å². The molecule has 1 atom stereocenters. The number of carbonyl (C=O) groups is 1. The van der Waals surface area contributed by atoms with Crippen LogP contribution in [0.25, 0.3) is 0 Å². The van der Waals surface area contributed by atoms with Crippen LogP contribution in [0.4, 0.5) is 0 Å². The Kier molecular flexibility index (Phi) is 4.82. The van der Waals surface area contributed by atoms with Gasteiger partial charge < -0.3 is 16.0 Å². The Morgan fingerprint density at radius 2 is 2.09 bits per heavy atom. The topological polar surface area (TPSA) is 105 Å². The molecule has 0 aromatic heterocycles. The van der Waals surface area contributed by atoms with Gasteiger partial charge >= 0.3 is 0 Å². The molecule has 120 valence electrons. The Balaban J connectivity index is 2.05. The van der Waals surface area contributed by atoms with Gasteiger partial charge in [-0.15, -0.1) is 4.40 Å². The molecule has 0 aliphatic carbocycles. The van der Waals surface area contributed by atoms with Crippen molar-refractivity contribution in [2.24, 2.45) is 10.1 Å². The van der Waals surface area contributed by atoms with Crippen LogP contribution in [0.3, 0.4) is 0 Å². The molecule has 0 spiro atoms. The van der Waals surface area contributed by atoms with E-state index in [2.05, 4.69) is 9.71 Å². The van der Waals surface area contributed by atoms with Gasteiger partial charge in [-0.25, -0.2) is 0 Å². The van der Waals surface area contributed by atoms with Crippen LogP contribution in [0.2, 0.25) is 0 Å². The fraction of sp³-hybridized carbons (Fsp3) is 0.429. The minimum absolute atomic E-state index is 0.0225. The smallest absolute Gasteiger partial charge is 0.285 e. The van der Waals surface area contributed by atoms with Gasteiger partial charge in [0.05, 0.1) is 6.54 Å². The van der Waals surface area contributed by atoms with Gasteiger partial charge in [-0.2, -0.15) is 8.42 Å². The van der Waals surface area contributed by atoms with Crippen molar-refractivity contribution >= 4 is 21.8 Å². The number of amides is 1. The number of benzene rings is 1. The highest BCUT2D eigenvalue weighted by Gasteiger charge is 2.30. The van der Waals surface area contributed by atoms with Crippen LogP contribution in [0, 0.1) is 0 Å². The maximum absolute atomic E-state index is 12.0. The molecule has 1 amide bonds. The third kappa shape index (κ3) is 3.63. The zero-order chi connectivity index (χ0) is 16.3. The second-order valence-electron chi connectivity index (χ2n) is 5.36. The van der Waals surface area contributed by atoms with Crippen molar-refractivity contribution in [3.8, 4) is 0 Å². The van der Waals surface area contributed by atoms with Gasteiger partial charge in [0.15, 0.2) is 5.84 Å². The van der Waals surface area contributed by atoms with Crippen LogP contribution in [0.1, 0.15) is 18.9 Å². The largest absolute Gasteiger partial charge is 0.355 e. The number of nitrogens with two attached hydrogens (primary N) is 1. The molecule has 22 heavy (non-hydrogen) atoms. The molecule has 7 nitrogen and oxygen atoms in total. The summed E-state index contributed by atoms with van der Waals surface area (Å²) >= 11 is 0. The predicted octanol–water partition coefficient (Wildman–Crippen LogP) is -0.0792. The first-order chi connectivity index (χ1) is 10.3. The summed E-state index contributed by atoms with van der Waals surface area (Å²) < 4.78 is 27.7. The molecule has 1 heterocycles. The highest BCUT2D eigenvalue weighted by atomic mass is 32.2. The fourth-order valence-corrected chi connectivity index (χ4v) is 3.40.